The van der Waals surface area contributed by atoms with E-state index < -0.39 is 0 Å². The Morgan fingerprint density at radius 3 is 2.40 bits per heavy atom. The summed E-state index contributed by atoms with van der Waals surface area (Å²) in [6, 6.07) is 0. The molecule has 0 atom stereocenters. The van der Waals surface area contributed by atoms with Crippen molar-refractivity contribution in [3.8, 4) is 0 Å². The Kier molecular flexibility index (Phi) is 10.7. The van der Waals surface area contributed by atoms with E-state index in [0.29, 0.717) is 6.10 Å². The van der Waals surface area contributed by atoms with E-state index in [-0.39, 0.29) is 0 Å². The van der Waals surface area contributed by atoms with Crippen LogP contribution in [0.15, 0.2) is 24.3 Å². The van der Waals surface area contributed by atoms with Crippen molar-refractivity contribution in [1.82, 2.24) is 0 Å². The fourth-order valence-electron chi connectivity index (χ4n) is 3.06. The predicted octanol–water partition coefficient (Wildman–Crippen LogP) is 6.05. The smallest absolute Gasteiger partial charge is 0.0654 e. The quantitative estimate of drug-likeness (QED) is 0.349. The lowest BCUT2D eigenvalue weighted by Crippen LogP contribution is -2.21. The molecule has 1 aliphatic rings. The van der Waals surface area contributed by atoms with Gasteiger partial charge < -0.3 is 4.74 Å². The third-order valence-corrected chi connectivity index (χ3v) is 4.38. The van der Waals surface area contributed by atoms with Crippen LogP contribution in [0.4, 0.5) is 0 Å². The molecule has 20 heavy (non-hydrogen) atoms. The average Bonchev–Trinajstić information content (AvgIpc) is 2.48. The first-order chi connectivity index (χ1) is 9.86. The molecule has 0 unspecified atom stereocenters. The maximum absolute atomic E-state index is 5.91. The first-order valence-electron chi connectivity index (χ1n) is 8.76. The van der Waals surface area contributed by atoms with E-state index in [2.05, 4.69) is 25.2 Å². The van der Waals surface area contributed by atoms with Crippen molar-refractivity contribution in [3.05, 3.63) is 24.3 Å². The molecule has 0 aromatic heterocycles. The van der Waals surface area contributed by atoms with Crippen molar-refractivity contribution in [3.63, 3.8) is 0 Å². The number of ether oxygens (including phenoxy) is 1. The van der Waals surface area contributed by atoms with Crippen LogP contribution >= 0.6 is 0 Å². The summed E-state index contributed by atoms with van der Waals surface area (Å²) in [6.45, 7) is 5.10. The van der Waals surface area contributed by atoms with Crippen molar-refractivity contribution < 1.29 is 4.74 Å². The SMILES string of the molecule is CC=CC=CCO[C@H]1CC[C@H](CCCCCCC)CC1. The average molecular weight is 278 g/mol. The van der Waals surface area contributed by atoms with E-state index in [1.54, 1.807) is 0 Å². The Balaban J connectivity index is 1.99. The lowest BCUT2D eigenvalue weighted by molar-refractivity contribution is 0.0333. The van der Waals surface area contributed by atoms with E-state index in [1.165, 1.54) is 64.2 Å². The van der Waals surface area contributed by atoms with Crippen molar-refractivity contribution in [2.45, 2.75) is 84.2 Å². The molecule has 1 heteroatoms. The molecule has 0 saturated heterocycles. The molecule has 0 heterocycles. The molecular weight excluding hydrogens is 244 g/mol. The minimum atomic E-state index is 0.515. The van der Waals surface area contributed by atoms with E-state index >= 15 is 0 Å². The lowest BCUT2D eigenvalue weighted by Gasteiger charge is -2.28. The minimum Gasteiger partial charge on any atom is -0.374 e. The molecule has 1 aliphatic carbocycles. The van der Waals surface area contributed by atoms with Gasteiger partial charge in [-0.2, -0.15) is 0 Å². The molecule has 0 spiro atoms. The van der Waals surface area contributed by atoms with Gasteiger partial charge in [0.25, 0.3) is 0 Å². The van der Waals surface area contributed by atoms with Gasteiger partial charge >= 0.3 is 0 Å². The standard InChI is InChI=1S/C19H34O/c1-3-5-7-9-10-12-18-13-15-19(16-14-18)20-17-11-8-6-4-2/h4,6,8,11,18-19H,3,5,7,9-10,12-17H2,1-2H3/t18-,19-. The number of allylic oxidation sites excluding steroid dienone is 3. The van der Waals surface area contributed by atoms with Crippen LogP contribution in [-0.4, -0.2) is 12.7 Å². The topological polar surface area (TPSA) is 9.23 Å². The highest BCUT2D eigenvalue weighted by Crippen LogP contribution is 2.30. The van der Waals surface area contributed by atoms with Gasteiger partial charge in [0.1, 0.15) is 0 Å². The summed E-state index contributed by atoms with van der Waals surface area (Å²) in [7, 11) is 0. The van der Waals surface area contributed by atoms with Crippen LogP contribution in [0, 0.1) is 5.92 Å². The van der Waals surface area contributed by atoms with E-state index in [1.807, 2.05) is 13.0 Å². The Morgan fingerprint density at radius 1 is 0.950 bits per heavy atom. The summed E-state index contributed by atoms with van der Waals surface area (Å²) in [6.07, 6.45) is 22.7. The van der Waals surface area contributed by atoms with Gasteiger partial charge in [-0.25, -0.2) is 0 Å². The second-order valence-corrected chi connectivity index (χ2v) is 6.13. The minimum absolute atomic E-state index is 0.515. The Hall–Kier alpha value is -0.560. The Labute approximate surface area is 126 Å². The number of unbranched alkanes of at least 4 members (excludes halogenated alkanes) is 4. The van der Waals surface area contributed by atoms with Crippen LogP contribution < -0.4 is 0 Å². The van der Waals surface area contributed by atoms with Gasteiger partial charge in [-0.3, -0.25) is 0 Å². The van der Waals surface area contributed by atoms with Crippen LogP contribution in [0.3, 0.4) is 0 Å². The van der Waals surface area contributed by atoms with Crippen LogP contribution in [0.1, 0.15) is 78.1 Å². The normalized spacial score (nSPS) is 23.9. The fourth-order valence-corrected chi connectivity index (χ4v) is 3.06. The van der Waals surface area contributed by atoms with Gasteiger partial charge in [0, 0.05) is 0 Å². The third kappa shape index (κ3) is 8.58. The molecule has 0 bridgehead atoms. The van der Waals surface area contributed by atoms with E-state index in [9.17, 15) is 0 Å². The molecule has 1 rings (SSSR count). The fraction of sp³-hybridized carbons (Fsp3) is 0.789. The Bertz CT molecular complexity index is 259. The van der Waals surface area contributed by atoms with Gasteiger partial charge in [0.05, 0.1) is 12.7 Å². The molecule has 0 aliphatic heterocycles. The van der Waals surface area contributed by atoms with Crippen LogP contribution in [-0.2, 0) is 4.74 Å². The first kappa shape index (κ1) is 17.5. The molecule has 1 saturated carbocycles. The van der Waals surface area contributed by atoms with E-state index in [4.69, 9.17) is 4.74 Å². The Morgan fingerprint density at radius 2 is 1.70 bits per heavy atom. The maximum Gasteiger partial charge on any atom is 0.0654 e. The highest BCUT2D eigenvalue weighted by molar-refractivity contribution is 5.01. The van der Waals surface area contributed by atoms with Crippen molar-refractivity contribution in [2.75, 3.05) is 6.61 Å². The van der Waals surface area contributed by atoms with E-state index in [0.717, 1.165) is 12.5 Å². The highest BCUT2D eigenvalue weighted by atomic mass is 16.5. The van der Waals surface area contributed by atoms with Gasteiger partial charge in [-0.1, -0.05) is 69.8 Å². The largest absolute Gasteiger partial charge is 0.374 e. The molecular formula is C19H34O. The zero-order valence-electron chi connectivity index (χ0n) is 13.7. The highest BCUT2D eigenvalue weighted by Gasteiger charge is 2.20. The molecule has 116 valence electrons. The first-order valence-corrected chi connectivity index (χ1v) is 8.76. The maximum atomic E-state index is 5.91. The molecule has 1 nitrogen and oxygen atoms in total. The lowest BCUT2D eigenvalue weighted by atomic mass is 9.84. The summed E-state index contributed by atoms with van der Waals surface area (Å²) in [5.74, 6) is 0.982. The zero-order valence-corrected chi connectivity index (χ0v) is 13.7. The monoisotopic (exact) mass is 278 g/mol. The summed E-state index contributed by atoms with van der Waals surface area (Å²) >= 11 is 0. The summed E-state index contributed by atoms with van der Waals surface area (Å²) in [4.78, 5) is 0. The molecule has 0 N–H and O–H groups in total. The second kappa shape index (κ2) is 12.2. The second-order valence-electron chi connectivity index (χ2n) is 6.13. The number of rotatable bonds is 10. The van der Waals surface area contributed by atoms with Crippen LogP contribution in [0.2, 0.25) is 0 Å². The van der Waals surface area contributed by atoms with Crippen LogP contribution in [0.25, 0.3) is 0 Å². The summed E-state index contributed by atoms with van der Waals surface area (Å²) < 4.78 is 5.91. The number of hydrogen-bond donors (Lipinski definition) is 0. The van der Waals surface area contributed by atoms with Crippen molar-refractivity contribution in [2.24, 2.45) is 5.92 Å². The van der Waals surface area contributed by atoms with Crippen molar-refractivity contribution >= 4 is 0 Å². The van der Waals surface area contributed by atoms with Gasteiger partial charge in [-0.15, -0.1) is 0 Å². The molecule has 0 amide bonds. The van der Waals surface area contributed by atoms with Crippen LogP contribution in [0.5, 0.6) is 0 Å². The molecule has 0 radical (unpaired) electrons. The molecule has 1 fully saturated rings. The van der Waals surface area contributed by atoms with Gasteiger partial charge in [0.15, 0.2) is 0 Å². The summed E-state index contributed by atoms with van der Waals surface area (Å²) in [5, 5.41) is 0. The summed E-state index contributed by atoms with van der Waals surface area (Å²) in [5.41, 5.74) is 0. The predicted molar refractivity (Wildman–Crippen MR) is 89.0 cm³/mol. The number of hydrogen-bond acceptors (Lipinski definition) is 1. The molecule has 0 aromatic carbocycles. The van der Waals surface area contributed by atoms with Gasteiger partial charge in [0.2, 0.25) is 0 Å². The van der Waals surface area contributed by atoms with Crippen molar-refractivity contribution in [1.29, 1.82) is 0 Å². The zero-order chi connectivity index (χ0) is 14.5. The van der Waals surface area contributed by atoms with Gasteiger partial charge in [-0.05, 0) is 38.5 Å². The third-order valence-electron chi connectivity index (χ3n) is 4.38. The molecule has 0 aromatic rings.